The van der Waals surface area contributed by atoms with Gasteiger partial charge in [0.15, 0.2) is 8.32 Å². The predicted octanol–water partition coefficient (Wildman–Crippen LogP) is 4.77. The van der Waals surface area contributed by atoms with E-state index in [1.54, 1.807) is 0 Å². The van der Waals surface area contributed by atoms with Crippen molar-refractivity contribution in [1.29, 1.82) is 0 Å². The van der Waals surface area contributed by atoms with Gasteiger partial charge in [-0.2, -0.15) is 0 Å². The van der Waals surface area contributed by atoms with Gasteiger partial charge in [0, 0.05) is 18.4 Å². The van der Waals surface area contributed by atoms with E-state index in [0.717, 1.165) is 19.4 Å². The van der Waals surface area contributed by atoms with Crippen LogP contribution in [0, 0.1) is 11.8 Å². The van der Waals surface area contributed by atoms with E-state index in [4.69, 9.17) is 10.2 Å². The third-order valence-corrected chi connectivity index (χ3v) is 17.8. The molecule has 0 saturated heterocycles. The van der Waals surface area contributed by atoms with Crippen molar-refractivity contribution in [3.8, 4) is 0 Å². The maximum absolute atomic E-state index is 11.1. The normalized spacial score (nSPS) is 27.8. The maximum atomic E-state index is 11.1. The summed E-state index contributed by atoms with van der Waals surface area (Å²) in [5.41, 5.74) is 6.13. The van der Waals surface area contributed by atoms with E-state index in [0.29, 0.717) is 11.8 Å². The lowest BCUT2D eigenvalue weighted by molar-refractivity contribution is 0.0213. The average Bonchev–Trinajstić information content (AvgIpc) is 2.37. The van der Waals surface area contributed by atoms with Gasteiger partial charge in [-0.05, 0) is 47.8 Å². The van der Waals surface area contributed by atoms with Crippen molar-refractivity contribution >= 4 is 16.4 Å². The second-order valence-corrected chi connectivity index (χ2v) is 21.4. The first-order chi connectivity index (χ1) is 10.5. The molecular weight excluding hydrogens is 330 g/mol. The van der Waals surface area contributed by atoms with Crippen molar-refractivity contribution in [2.45, 2.75) is 102 Å². The molecule has 0 spiro atoms. The van der Waals surface area contributed by atoms with Gasteiger partial charge < -0.3 is 15.3 Å². The van der Waals surface area contributed by atoms with E-state index in [1.165, 1.54) is 0 Å². The van der Waals surface area contributed by atoms with E-state index in [9.17, 15) is 5.11 Å². The summed E-state index contributed by atoms with van der Waals surface area (Å²) in [6.07, 6.45) is 1.96. The second kappa shape index (κ2) is 7.14. The van der Waals surface area contributed by atoms with Gasteiger partial charge in [-0.15, -0.1) is 0 Å². The third kappa shape index (κ3) is 4.53. The van der Waals surface area contributed by atoms with Crippen LogP contribution >= 0.6 is 0 Å². The van der Waals surface area contributed by atoms with Crippen LogP contribution in [0.15, 0.2) is 0 Å². The van der Waals surface area contributed by atoms with Crippen LogP contribution in [0.2, 0.25) is 36.3 Å². The Balaban J connectivity index is 2.66. The van der Waals surface area contributed by atoms with Crippen LogP contribution in [0.5, 0.6) is 0 Å². The SMILES string of the molecule is CC(C)(C)[Si](C)(C)OCCC1C(N)CC1C(O)[Si](C)(C)C(C)(C)C. The standard InChI is InChI=1S/C19H43NO2Si2/c1-18(2,3)23(7,8)17(21)15-13-16(20)14(15)11-12-22-24(9,10)19(4,5)6/h14-17,21H,11-13,20H2,1-10H3. The number of rotatable bonds is 6. The van der Waals surface area contributed by atoms with Crippen LogP contribution in [-0.4, -0.2) is 39.9 Å². The molecule has 4 unspecified atom stereocenters. The van der Waals surface area contributed by atoms with Gasteiger partial charge in [0.2, 0.25) is 0 Å². The number of hydrogen-bond donors (Lipinski definition) is 2. The number of aliphatic hydroxyl groups is 1. The van der Waals surface area contributed by atoms with Gasteiger partial charge in [-0.3, -0.25) is 0 Å². The van der Waals surface area contributed by atoms with Crippen LogP contribution < -0.4 is 5.73 Å². The Kier molecular flexibility index (Phi) is 6.65. The quantitative estimate of drug-likeness (QED) is 0.659. The molecular formula is C19H43NO2Si2. The summed E-state index contributed by atoms with van der Waals surface area (Å²) >= 11 is 0. The topological polar surface area (TPSA) is 55.5 Å². The van der Waals surface area contributed by atoms with Crippen molar-refractivity contribution < 1.29 is 9.53 Å². The minimum absolute atomic E-state index is 0.171. The minimum Gasteiger partial charge on any atom is -0.417 e. The van der Waals surface area contributed by atoms with Crippen molar-refractivity contribution in [3.05, 3.63) is 0 Å². The Labute approximate surface area is 152 Å². The Morgan fingerprint density at radius 3 is 1.92 bits per heavy atom. The molecule has 0 heterocycles. The molecule has 24 heavy (non-hydrogen) atoms. The van der Waals surface area contributed by atoms with Gasteiger partial charge >= 0.3 is 0 Å². The van der Waals surface area contributed by atoms with Crippen molar-refractivity contribution in [2.75, 3.05) is 6.61 Å². The minimum atomic E-state index is -1.75. The fraction of sp³-hybridized carbons (Fsp3) is 1.00. The highest BCUT2D eigenvalue weighted by Crippen LogP contribution is 2.47. The maximum Gasteiger partial charge on any atom is 0.191 e. The molecule has 3 nitrogen and oxygen atoms in total. The Morgan fingerprint density at radius 1 is 1.04 bits per heavy atom. The van der Waals surface area contributed by atoms with E-state index in [2.05, 4.69) is 67.7 Å². The molecule has 0 amide bonds. The van der Waals surface area contributed by atoms with Crippen LogP contribution in [0.3, 0.4) is 0 Å². The summed E-state index contributed by atoms with van der Waals surface area (Å²) < 4.78 is 6.34. The lowest BCUT2D eigenvalue weighted by Crippen LogP contribution is -2.61. The lowest BCUT2D eigenvalue weighted by atomic mass is 9.68. The van der Waals surface area contributed by atoms with Crippen LogP contribution in [0.1, 0.15) is 54.4 Å². The predicted molar refractivity (Wildman–Crippen MR) is 111 cm³/mol. The number of nitrogens with two attached hydrogens (primary N) is 1. The average molecular weight is 374 g/mol. The van der Waals surface area contributed by atoms with Gasteiger partial charge in [0.05, 0.1) is 8.07 Å². The first-order valence-corrected chi connectivity index (χ1v) is 15.6. The molecule has 1 fully saturated rings. The number of hydrogen-bond acceptors (Lipinski definition) is 3. The van der Waals surface area contributed by atoms with Gasteiger partial charge in [0.25, 0.3) is 0 Å². The van der Waals surface area contributed by atoms with Crippen LogP contribution in [0.25, 0.3) is 0 Å². The highest BCUT2D eigenvalue weighted by molar-refractivity contribution is 6.81. The van der Waals surface area contributed by atoms with Crippen molar-refractivity contribution in [3.63, 3.8) is 0 Å². The molecule has 3 N–H and O–H groups in total. The highest BCUT2D eigenvalue weighted by Gasteiger charge is 2.51. The molecule has 1 aliphatic rings. The summed E-state index contributed by atoms with van der Waals surface area (Å²) in [5.74, 6) is 0.780. The fourth-order valence-corrected chi connectivity index (χ4v) is 6.62. The monoisotopic (exact) mass is 373 g/mol. The molecule has 0 radical (unpaired) electrons. The fourth-order valence-electron chi connectivity index (χ4n) is 3.22. The smallest absolute Gasteiger partial charge is 0.191 e. The van der Waals surface area contributed by atoms with Gasteiger partial charge in [-0.1, -0.05) is 54.6 Å². The molecule has 4 atom stereocenters. The lowest BCUT2D eigenvalue weighted by Gasteiger charge is -2.52. The number of aliphatic hydroxyl groups excluding tert-OH is 1. The zero-order valence-corrected chi connectivity index (χ0v) is 19.9. The molecule has 0 aliphatic heterocycles. The van der Waals surface area contributed by atoms with E-state index >= 15 is 0 Å². The first kappa shape index (κ1) is 22.4. The molecule has 144 valence electrons. The van der Waals surface area contributed by atoms with Crippen molar-refractivity contribution in [1.82, 2.24) is 0 Å². The summed E-state index contributed by atoms with van der Waals surface area (Å²) in [5, 5.41) is 11.5. The van der Waals surface area contributed by atoms with E-state index in [1.807, 2.05) is 0 Å². The molecule has 1 aliphatic carbocycles. The van der Waals surface area contributed by atoms with E-state index in [-0.39, 0.29) is 21.8 Å². The largest absolute Gasteiger partial charge is 0.417 e. The summed E-state index contributed by atoms with van der Waals surface area (Å²) in [6.45, 7) is 23.7. The van der Waals surface area contributed by atoms with Crippen LogP contribution in [-0.2, 0) is 4.43 Å². The molecule has 0 aromatic rings. The van der Waals surface area contributed by atoms with Gasteiger partial charge in [-0.25, -0.2) is 0 Å². The summed E-state index contributed by atoms with van der Waals surface area (Å²) in [7, 11) is -3.44. The summed E-state index contributed by atoms with van der Waals surface area (Å²) in [4.78, 5) is 0. The summed E-state index contributed by atoms with van der Waals surface area (Å²) in [6, 6.07) is 0.234. The Bertz CT molecular complexity index is 424. The molecule has 0 aromatic heterocycles. The Morgan fingerprint density at radius 2 is 1.54 bits per heavy atom. The highest BCUT2D eigenvalue weighted by atomic mass is 28.4. The van der Waals surface area contributed by atoms with Gasteiger partial charge in [0.1, 0.15) is 0 Å². The molecule has 0 aromatic carbocycles. The molecule has 0 bridgehead atoms. The Hall–Kier alpha value is 0.314. The zero-order valence-electron chi connectivity index (χ0n) is 17.9. The van der Waals surface area contributed by atoms with E-state index < -0.39 is 16.4 Å². The zero-order chi connectivity index (χ0) is 19.1. The molecule has 1 rings (SSSR count). The molecule has 5 heteroatoms. The third-order valence-electron chi connectivity index (χ3n) is 7.44. The molecule has 1 saturated carbocycles. The first-order valence-electron chi connectivity index (χ1n) is 9.60. The second-order valence-electron chi connectivity index (χ2n) is 11.0. The van der Waals surface area contributed by atoms with Crippen LogP contribution in [0.4, 0.5) is 0 Å². The van der Waals surface area contributed by atoms with Crippen molar-refractivity contribution in [2.24, 2.45) is 17.6 Å².